The second kappa shape index (κ2) is 6.06. The van der Waals surface area contributed by atoms with Gasteiger partial charge in [-0.1, -0.05) is 23.7 Å². The van der Waals surface area contributed by atoms with E-state index in [1.54, 1.807) is 24.5 Å². The summed E-state index contributed by atoms with van der Waals surface area (Å²) in [6.07, 6.45) is 4.97. The summed E-state index contributed by atoms with van der Waals surface area (Å²) in [6.45, 7) is 1.94. The van der Waals surface area contributed by atoms with Crippen LogP contribution < -0.4 is 5.32 Å². The van der Waals surface area contributed by atoms with Crippen LogP contribution in [0.15, 0.2) is 46.0 Å². The van der Waals surface area contributed by atoms with Crippen LogP contribution in [0.1, 0.15) is 11.3 Å². The molecule has 0 atom stereocenters. The summed E-state index contributed by atoms with van der Waals surface area (Å²) in [5, 5.41) is 3.31. The topological polar surface area (TPSA) is 72.2 Å². The van der Waals surface area contributed by atoms with Crippen molar-refractivity contribution in [3.8, 4) is 11.1 Å². The Kier molecular flexibility index (Phi) is 3.86. The molecule has 5 nitrogen and oxygen atoms in total. The predicted molar refractivity (Wildman–Crippen MR) is 98.3 cm³/mol. The third-order valence-corrected chi connectivity index (χ3v) is 5.14. The summed E-state index contributed by atoms with van der Waals surface area (Å²) in [4.78, 5) is 27.5. The first-order valence-corrected chi connectivity index (χ1v) is 8.60. The number of carbonyl (C=O) groups is 2. The number of aromatic nitrogens is 1. The molecule has 7 heteroatoms. The lowest BCUT2D eigenvalue weighted by Crippen LogP contribution is -2.17. The highest BCUT2D eigenvalue weighted by atomic mass is 35.5. The average molecular weight is 371 g/mol. The number of benzene rings is 1. The van der Waals surface area contributed by atoms with Crippen molar-refractivity contribution in [2.75, 3.05) is 0 Å². The Labute approximate surface area is 152 Å². The molecule has 1 aliphatic rings. The van der Waals surface area contributed by atoms with Gasteiger partial charge in [0, 0.05) is 34.4 Å². The van der Waals surface area contributed by atoms with Crippen molar-refractivity contribution in [2.45, 2.75) is 6.92 Å². The number of fused-ring (bicyclic) bond motifs is 1. The fourth-order valence-electron chi connectivity index (χ4n) is 2.69. The molecule has 1 fully saturated rings. The van der Waals surface area contributed by atoms with E-state index in [0.717, 1.165) is 33.8 Å². The first-order valence-electron chi connectivity index (χ1n) is 7.41. The number of hydrogen-bond acceptors (Lipinski definition) is 5. The van der Waals surface area contributed by atoms with E-state index in [9.17, 15) is 9.59 Å². The van der Waals surface area contributed by atoms with Crippen molar-refractivity contribution < 1.29 is 14.0 Å². The van der Waals surface area contributed by atoms with E-state index in [0.29, 0.717) is 21.3 Å². The molecule has 0 unspecified atom stereocenters. The summed E-state index contributed by atoms with van der Waals surface area (Å²) < 4.78 is 5.93. The molecule has 25 heavy (non-hydrogen) atoms. The lowest BCUT2D eigenvalue weighted by atomic mass is 10.0. The van der Waals surface area contributed by atoms with Gasteiger partial charge in [0.2, 0.25) is 0 Å². The van der Waals surface area contributed by atoms with Gasteiger partial charge in [-0.2, -0.15) is 0 Å². The Morgan fingerprint density at radius 3 is 2.84 bits per heavy atom. The van der Waals surface area contributed by atoms with Crippen molar-refractivity contribution in [3.05, 3.63) is 57.9 Å². The molecule has 0 saturated carbocycles. The fourth-order valence-corrected chi connectivity index (χ4v) is 3.53. The van der Waals surface area contributed by atoms with E-state index in [1.807, 2.05) is 25.1 Å². The van der Waals surface area contributed by atoms with Crippen LogP contribution in [0.25, 0.3) is 28.2 Å². The van der Waals surface area contributed by atoms with Crippen LogP contribution in [-0.4, -0.2) is 16.1 Å². The molecule has 3 aromatic rings. The van der Waals surface area contributed by atoms with E-state index >= 15 is 0 Å². The van der Waals surface area contributed by atoms with Crippen LogP contribution in [0.5, 0.6) is 0 Å². The Morgan fingerprint density at radius 1 is 1.24 bits per heavy atom. The van der Waals surface area contributed by atoms with Gasteiger partial charge in [0.25, 0.3) is 11.1 Å². The molecule has 1 saturated heterocycles. The first-order chi connectivity index (χ1) is 12.0. The number of nitrogens with zero attached hydrogens (tertiary/aromatic N) is 1. The van der Waals surface area contributed by atoms with Crippen molar-refractivity contribution in [2.24, 2.45) is 0 Å². The molecule has 1 aromatic carbocycles. The third kappa shape index (κ3) is 2.83. The molecule has 0 spiro atoms. The van der Waals surface area contributed by atoms with Crippen LogP contribution in [0.2, 0.25) is 5.02 Å². The number of thioether (sulfide) groups is 1. The number of rotatable bonds is 2. The Bertz CT molecular complexity index is 1070. The number of carbonyl (C=O) groups excluding carboxylic acids is 2. The van der Waals surface area contributed by atoms with Crippen molar-refractivity contribution in [1.82, 2.24) is 10.3 Å². The van der Waals surface area contributed by atoms with Crippen LogP contribution >= 0.6 is 23.4 Å². The first kappa shape index (κ1) is 15.9. The lowest BCUT2D eigenvalue weighted by Gasteiger charge is -2.07. The highest BCUT2D eigenvalue weighted by Gasteiger charge is 2.25. The maximum absolute atomic E-state index is 11.7. The molecule has 0 aliphatic carbocycles. The minimum Gasteiger partial charge on any atom is -0.456 e. The summed E-state index contributed by atoms with van der Waals surface area (Å²) in [6, 6.07) is 7.45. The van der Waals surface area contributed by atoms with Gasteiger partial charge in [-0.3, -0.25) is 19.9 Å². The number of pyridine rings is 1. The van der Waals surface area contributed by atoms with Gasteiger partial charge in [-0.15, -0.1) is 0 Å². The van der Waals surface area contributed by atoms with Gasteiger partial charge in [0.1, 0.15) is 11.3 Å². The van der Waals surface area contributed by atoms with Crippen LogP contribution in [-0.2, 0) is 4.79 Å². The number of hydrogen-bond donors (Lipinski definition) is 1. The molecule has 1 N–H and O–H groups in total. The standard InChI is InChI=1S/C18H11ClN2O3S/c1-9-12(3-2-4-14(9)19)13-8-20-7-10-5-11(24-16(10)13)6-15-17(22)21-18(23)25-15/h2-8H,1H3,(H,21,22,23)/b15-6-. The maximum atomic E-state index is 11.7. The van der Waals surface area contributed by atoms with E-state index in [-0.39, 0.29) is 5.24 Å². The second-order valence-corrected chi connectivity index (χ2v) is 6.94. The van der Waals surface area contributed by atoms with Gasteiger partial charge in [0.15, 0.2) is 0 Å². The molecule has 0 bridgehead atoms. The van der Waals surface area contributed by atoms with Crippen molar-refractivity contribution in [3.63, 3.8) is 0 Å². The molecule has 0 radical (unpaired) electrons. The Hall–Kier alpha value is -2.57. The normalized spacial score (nSPS) is 16.0. The molecule has 4 rings (SSSR count). The smallest absolute Gasteiger partial charge is 0.290 e. The van der Waals surface area contributed by atoms with E-state index < -0.39 is 5.91 Å². The summed E-state index contributed by atoms with van der Waals surface area (Å²) in [5.41, 5.74) is 3.34. The zero-order valence-corrected chi connectivity index (χ0v) is 14.6. The highest BCUT2D eigenvalue weighted by Crippen LogP contribution is 2.35. The Morgan fingerprint density at radius 2 is 2.08 bits per heavy atom. The molecular formula is C18H11ClN2O3S. The van der Waals surface area contributed by atoms with Crippen LogP contribution in [0.3, 0.4) is 0 Å². The molecule has 124 valence electrons. The SMILES string of the molecule is Cc1c(Cl)cccc1-c1cncc2cc(/C=C3\SC(=O)NC3=O)oc12. The minimum atomic E-state index is -0.417. The third-order valence-electron chi connectivity index (χ3n) is 3.92. The predicted octanol–water partition coefficient (Wildman–Crippen LogP) is 4.78. The van der Waals surface area contributed by atoms with Crippen LogP contribution in [0, 0.1) is 6.92 Å². The summed E-state index contributed by atoms with van der Waals surface area (Å²) in [7, 11) is 0. The number of imide groups is 1. The van der Waals surface area contributed by atoms with Gasteiger partial charge in [0.05, 0.1) is 4.91 Å². The largest absolute Gasteiger partial charge is 0.456 e. The average Bonchev–Trinajstić information content (AvgIpc) is 3.12. The van der Waals surface area contributed by atoms with E-state index in [1.165, 1.54) is 0 Å². The monoisotopic (exact) mass is 370 g/mol. The highest BCUT2D eigenvalue weighted by molar-refractivity contribution is 8.18. The summed E-state index contributed by atoms with van der Waals surface area (Å²) in [5.74, 6) is 0.0655. The fraction of sp³-hybridized carbons (Fsp3) is 0.0556. The van der Waals surface area contributed by atoms with Gasteiger partial charge in [-0.05, 0) is 41.9 Å². The zero-order chi connectivity index (χ0) is 17.6. The van der Waals surface area contributed by atoms with Gasteiger partial charge >= 0.3 is 0 Å². The lowest BCUT2D eigenvalue weighted by molar-refractivity contribution is -0.115. The quantitative estimate of drug-likeness (QED) is 0.657. The second-order valence-electron chi connectivity index (χ2n) is 5.52. The Balaban J connectivity index is 1.85. The van der Waals surface area contributed by atoms with Crippen molar-refractivity contribution >= 4 is 51.6 Å². The molecule has 3 heterocycles. The number of nitrogens with one attached hydrogen (secondary N) is 1. The molecule has 2 aromatic heterocycles. The number of furan rings is 1. The minimum absolute atomic E-state index is 0.303. The molecule has 1 aliphatic heterocycles. The summed E-state index contributed by atoms with van der Waals surface area (Å²) >= 11 is 7.08. The van der Waals surface area contributed by atoms with Gasteiger partial charge in [-0.25, -0.2) is 0 Å². The van der Waals surface area contributed by atoms with Crippen molar-refractivity contribution in [1.29, 1.82) is 0 Å². The number of halogens is 1. The zero-order valence-electron chi connectivity index (χ0n) is 13.0. The van der Waals surface area contributed by atoms with Crippen LogP contribution in [0.4, 0.5) is 4.79 Å². The van der Waals surface area contributed by atoms with Gasteiger partial charge < -0.3 is 4.42 Å². The maximum Gasteiger partial charge on any atom is 0.290 e. The van der Waals surface area contributed by atoms with E-state index in [4.69, 9.17) is 16.0 Å². The number of amides is 2. The molecule has 2 amide bonds. The molecular weight excluding hydrogens is 360 g/mol. The van der Waals surface area contributed by atoms with E-state index in [2.05, 4.69) is 10.3 Å².